The standard InChI is InChI=1S/C20H28F2N2O2/c1-4-5-16-12-24(18(10-13(2)3)20(26)23-16)19(25)9-7-14-6-8-15(21)11-17(14)22/h6-9,11,13,16,18,20,23,26H,4-5,10,12H2,1-3H3. The average Bonchev–Trinajstić information content (AvgIpc) is 2.56. The van der Waals surface area contributed by atoms with Gasteiger partial charge in [-0.25, -0.2) is 8.78 Å². The van der Waals surface area contributed by atoms with Crippen LogP contribution in [0, 0.1) is 17.6 Å². The lowest BCUT2D eigenvalue weighted by molar-refractivity contribution is -0.136. The molecule has 1 aliphatic heterocycles. The Morgan fingerprint density at radius 1 is 1.42 bits per heavy atom. The third-order valence-electron chi connectivity index (χ3n) is 4.59. The van der Waals surface area contributed by atoms with Gasteiger partial charge in [0.25, 0.3) is 0 Å². The number of nitrogens with zero attached hydrogens (tertiary/aromatic N) is 1. The summed E-state index contributed by atoms with van der Waals surface area (Å²) >= 11 is 0. The van der Waals surface area contributed by atoms with Gasteiger partial charge in [0, 0.05) is 30.3 Å². The number of carbonyl (C=O) groups excluding carboxylic acids is 1. The molecule has 2 N–H and O–H groups in total. The molecule has 3 atom stereocenters. The second-order valence-corrected chi connectivity index (χ2v) is 7.28. The number of rotatable bonds is 6. The van der Waals surface area contributed by atoms with Crippen molar-refractivity contribution in [1.82, 2.24) is 10.2 Å². The Bertz CT molecular complexity index is 649. The van der Waals surface area contributed by atoms with Gasteiger partial charge in [-0.1, -0.05) is 27.2 Å². The maximum absolute atomic E-state index is 13.8. The number of aliphatic hydroxyl groups excluding tert-OH is 1. The molecule has 0 aliphatic carbocycles. The number of aliphatic hydroxyl groups is 1. The first kappa shape index (κ1) is 20.5. The van der Waals surface area contributed by atoms with Crippen molar-refractivity contribution in [3.05, 3.63) is 41.5 Å². The second kappa shape index (κ2) is 9.24. The predicted octanol–water partition coefficient (Wildman–Crippen LogP) is 3.31. The van der Waals surface area contributed by atoms with E-state index < -0.39 is 17.9 Å². The molecule has 3 unspecified atom stereocenters. The van der Waals surface area contributed by atoms with Crippen molar-refractivity contribution in [2.75, 3.05) is 6.54 Å². The molecule has 1 amide bonds. The summed E-state index contributed by atoms with van der Waals surface area (Å²) in [5, 5.41) is 13.6. The van der Waals surface area contributed by atoms with Crippen LogP contribution in [-0.2, 0) is 4.79 Å². The Kier molecular flexibility index (Phi) is 7.29. The maximum atomic E-state index is 13.8. The first-order chi connectivity index (χ1) is 12.3. The van der Waals surface area contributed by atoms with Crippen LogP contribution >= 0.6 is 0 Å². The summed E-state index contributed by atoms with van der Waals surface area (Å²) in [4.78, 5) is 14.4. The monoisotopic (exact) mass is 366 g/mol. The van der Waals surface area contributed by atoms with Gasteiger partial charge in [-0.05, 0) is 37.0 Å². The van der Waals surface area contributed by atoms with E-state index in [4.69, 9.17) is 0 Å². The van der Waals surface area contributed by atoms with E-state index in [0.717, 1.165) is 25.0 Å². The Balaban J connectivity index is 2.18. The number of amides is 1. The van der Waals surface area contributed by atoms with Crippen LogP contribution in [0.1, 0.15) is 45.6 Å². The van der Waals surface area contributed by atoms with Crippen molar-refractivity contribution in [3.8, 4) is 0 Å². The molecule has 0 saturated carbocycles. The van der Waals surface area contributed by atoms with Crippen LogP contribution < -0.4 is 5.32 Å². The van der Waals surface area contributed by atoms with Crippen molar-refractivity contribution < 1.29 is 18.7 Å². The van der Waals surface area contributed by atoms with E-state index >= 15 is 0 Å². The normalized spacial score (nSPS) is 23.8. The molecule has 1 heterocycles. The van der Waals surface area contributed by atoms with E-state index in [0.29, 0.717) is 18.9 Å². The van der Waals surface area contributed by atoms with Gasteiger partial charge < -0.3 is 10.0 Å². The molecule has 0 radical (unpaired) electrons. The zero-order valence-electron chi connectivity index (χ0n) is 15.6. The minimum Gasteiger partial charge on any atom is -0.376 e. The predicted molar refractivity (Wildman–Crippen MR) is 98.2 cm³/mol. The average molecular weight is 366 g/mol. The fourth-order valence-electron chi connectivity index (χ4n) is 3.36. The molecule has 1 aromatic carbocycles. The lowest BCUT2D eigenvalue weighted by atomic mass is 9.96. The molecule has 0 aromatic heterocycles. The highest BCUT2D eigenvalue weighted by Gasteiger charge is 2.36. The van der Waals surface area contributed by atoms with E-state index in [1.54, 1.807) is 4.90 Å². The van der Waals surface area contributed by atoms with Crippen molar-refractivity contribution >= 4 is 12.0 Å². The van der Waals surface area contributed by atoms with Crippen molar-refractivity contribution in [3.63, 3.8) is 0 Å². The summed E-state index contributed by atoms with van der Waals surface area (Å²) in [5.41, 5.74) is 0.154. The highest BCUT2D eigenvalue weighted by Crippen LogP contribution is 2.21. The van der Waals surface area contributed by atoms with Crippen LogP contribution in [0.2, 0.25) is 0 Å². The number of benzene rings is 1. The zero-order chi connectivity index (χ0) is 19.3. The quantitative estimate of drug-likeness (QED) is 0.760. The lowest BCUT2D eigenvalue weighted by Crippen LogP contribution is -2.63. The molecule has 2 rings (SSSR count). The third kappa shape index (κ3) is 5.35. The van der Waals surface area contributed by atoms with E-state index in [1.165, 1.54) is 18.2 Å². The molecule has 144 valence electrons. The van der Waals surface area contributed by atoms with Crippen LogP contribution in [-0.4, -0.2) is 40.8 Å². The van der Waals surface area contributed by atoms with E-state index in [2.05, 4.69) is 12.2 Å². The number of halogens is 2. The van der Waals surface area contributed by atoms with Gasteiger partial charge in [0.15, 0.2) is 0 Å². The first-order valence-electron chi connectivity index (χ1n) is 9.19. The Labute approximate surface area is 153 Å². The molecule has 1 fully saturated rings. The van der Waals surface area contributed by atoms with Gasteiger partial charge in [0.1, 0.15) is 17.9 Å². The van der Waals surface area contributed by atoms with Gasteiger partial charge >= 0.3 is 0 Å². The third-order valence-corrected chi connectivity index (χ3v) is 4.59. The molecule has 4 nitrogen and oxygen atoms in total. The number of nitrogens with one attached hydrogen (secondary N) is 1. The molecule has 0 spiro atoms. The van der Waals surface area contributed by atoms with Crippen molar-refractivity contribution in [2.45, 2.75) is 58.3 Å². The summed E-state index contributed by atoms with van der Waals surface area (Å²) in [6.07, 6.45) is 4.32. The Morgan fingerprint density at radius 3 is 2.77 bits per heavy atom. The van der Waals surface area contributed by atoms with Gasteiger partial charge in [-0.3, -0.25) is 10.1 Å². The smallest absolute Gasteiger partial charge is 0.247 e. The minimum atomic E-state index is -0.789. The van der Waals surface area contributed by atoms with Gasteiger partial charge in [0.2, 0.25) is 5.91 Å². The fraction of sp³-hybridized carbons (Fsp3) is 0.550. The fourth-order valence-corrected chi connectivity index (χ4v) is 3.36. The number of hydrogen-bond acceptors (Lipinski definition) is 3. The summed E-state index contributed by atoms with van der Waals surface area (Å²) < 4.78 is 26.7. The zero-order valence-corrected chi connectivity index (χ0v) is 15.6. The summed E-state index contributed by atoms with van der Waals surface area (Å²) in [6.45, 7) is 6.63. The van der Waals surface area contributed by atoms with Crippen molar-refractivity contribution in [1.29, 1.82) is 0 Å². The van der Waals surface area contributed by atoms with Crippen LogP contribution in [0.15, 0.2) is 24.3 Å². The number of piperazine rings is 1. The van der Waals surface area contributed by atoms with Gasteiger partial charge in [0.05, 0.1) is 6.04 Å². The molecule has 0 bridgehead atoms. The molecule has 26 heavy (non-hydrogen) atoms. The summed E-state index contributed by atoms with van der Waals surface area (Å²) in [5.74, 6) is -1.33. The summed E-state index contributed by atoms with van der Waals surface area (Å²) in [7, 11) is 0. The van der Waals surface area contributed by atoms with E-state index in [9.17, 15) is 18.7 Å². The highest BCUT2D eigenvalue weighted by atomic mass is 19.1. The van der Waals surface area contributed by atoms with Gasteiger partial charge in [-0.15, -0.1) is 0 Å². The Morgan fingerprint density at radius 2 is 2.15 bits per heavy atom. The molecule has 1 saturated heterocycles. The van der Waals surface area contributed by atoms with E-state index in [1.807, 2.05) is 13.8 Å². The number of hydrogen-bond donors (Lipinski definition) is 2. The first-order valence-corrected chi connectivity index (χ1v) is 9.19. The van der Waals surface area contributed by atoms with Crippen LogP contribution in [0.4, 0.5) is 8.78 Å². The van der Waals surface area contributed by atoms with Crippen LogP contribution in [0.3, 0.4) is 0 Å². The molecule has 1 aliphatic rings. The largest absolute Gasteiger partial charge is 0.376 e. The van der Waals surface area contributed by atoms with Crippen molar-refractivity contribution in [2.24, 2.45) is 5.92 Å². The summed E-state index contributed by atoms with van der Waals surface area (Å²) in [6, 6.07) is 2.93. The Hall–Kier alpha value is -1.79. The van der Waals surface area contributed by atoms with Crippen LogP contribution in [0.5, 0.6) is 0 Å². The lowest BCUT2D eigenvalue weighted by Gasteiger charge is -2.44. The SMILES string of the molecule is CCCC1CN(C(=O)C=Cc2ccc(F)cc2F)C(CC(C)C)C(O)N1. The highest BCUT2D eigenvalue weighted by molar-refractivity contribution is 5.92. The second-order valence-electron chi connectivity index (χ2n) is 7.28. The molecule has 6 heteroatoms. The molecular weight excluding hydrogens is 338 g/mol. The maximum Gasteiger partial charge on any atom is 0.247 e. The molecule has 1 aromatic rings. The topological polar surface area (TPSA) is 52.6 Å². The van der Waals surface area contributed by atoms with Crippen LogP contribution in [0.25, 0.3) is 6.08 Å². The number of carbonyl (C=O) groups is 1. The van der Waals surface area contributed by atoms with E-state index in [-0.39, 0.29) is 23.6 Å². The van der Waals surface area contributed by atoms with Gasteiger partial charge in [-0.2, -0.15) is 0 Å². The molecular formula is C20H28F2N2O2. The minimum absolute atomic E-state index is 0.0262.